The zero-order chi connectivity index (χ0) is 16.7. The van der Waals surface area contributed by atoms with Gasteiger partial charge in [0.2, 0.25) is 0 Å². The number of nitrogens with one attached hydrogen (secondary N) is 2. The molecule has 0 atom stereocenters. The normalized spacial score (nSPS) is 10.3. The fourth-order valence-corrected chi connectivity index (χ4v) is 2.23. The van der Waals surface area contributed by atoms with Crippen LogP contribution in [0.5, 0.6) is 0 Å². The van der Waals surface area contributed by atoms with Crippen LogP contribution < -0.4 is 0 Å². The predicted molar refractivity (Wildman–Crippen MR) is 89.7 cm³/mol. The number of hydrogen-bond donors (Lipinski definition) is 2. The molecule has 0 saturated carbocycles. The van der Waals surface area contributed by atoms with E-state index >= 15 is 0 Å². The Morgan fingerprint density at radius 1 is 1.09 bits per heavy atom. The first-order valence-electron chi connectivity index (χ1n) is 7.73. The van der Waals surface area contributed by atoms with Crippen molar-refractivity contribution < 1.29 is 9.59 Å². The molecule has 120 valence electrons. The van der Waals surface area contributed by atoms with Gasteiger partial charge in [0, 0.05) is 25.7 Å². The maximum Gasteiger partial charge on any atom is 0.176 e. The molecule has 0 spiro atoms. The molecule has 4 nitrogen and oxygen atoms in total. The SMILES string of the molecule is CC(=O)c1[nH]ccc1C(C)C.CCCc1ccc(C(C)=O)[nH]1. The molecule has 4 heteroatoms. The van der Waals surface area contributed by atoms with Crippen LogP contribution in [0.3, 0.4) is 0 Å². The van der Waals surface area contributed by atoms with E-state index in [9.17, 15) is 9.59 Å². The van der Waals surface area contributed by atoms with Crippen molar-refractivity contribution in [2.75, 3.05) is 0 Å². The van der Waals surface area contributed by atoms with Gasteiger partial charge in [-0.2, -0.15) is 0 Å². The number of H-pyrrole nitrogens is 2. The highest BCUT2D eigenvalue weighted by Gasteiger charge is 2.10. The number of rotatable bonds is 5. The minimum atomic E-state index is 0.104. The van der Waals surface area contributed by atoms with Gasteiger partial charge in [0.05, 0.1) is 11.4 Å². The van der Waals surface area contributed by atoms with E-state index in [0.717, 1.165) is 29.8 Å². The van der Waals surface area contributed by atoms with Crippen LogP contribution in [-0.2, 0) is 6.42 Å². The van der Waals surface area contributed by atoms with Crippen molar-refractivity contribution in [1.29, 1.82) is 0 Å². The lowest BCUT2D eigenvalue weighted by molar-refractivity contribution is 0.1000. The summed E-state index contributed by atoms with van der Waals surface area (Å²) in [5.41, 5.74) is 3.73. The highest BCUT2D eigenvalue weighted by atomic mass is 16.1. The van der Waals surface area contributed by atoms with Crippen LogP contribution in [0.2, 0.25) is 0 Å². The van der Waals surface area contributed by atoms with Crippen LogP contribution in [0, 0.1) is 0 Å². The summed E-state index contributed by atoms with van der Waals surface area (Å²) < 4.78 is 0. The molecule has 0 radical (unpaired) electrons. The number of carbonyl (C=O) groups is 2. The van der Waals surface area contributed by atoms with E-state index < -0.39 is 0 Å². The van der Waals surface area contributed by atoms with Gasteiger partial charge < -0.3 is 9.97 Å². The lowest BCUT2D eigenvalue weighted by Crippen LogP contribution is -1.98. The molecule has 0 bridgehead atoms. The zero-order valence-electron chi connectivity index (χ0n) is 14.1. The molecule has 0 aliphatic heterocycles. The lowest BCUT2D eigenvalue weighted by atomic mass is 10.0. The molecule has 2 rings (SSSR count). The summed E-state index contributed by atoms with van der Waals surface area (Å²) in [6.45, 7) is 9.43. The largest absolute Gasteiger partial charge is 0.359 e. The minimum absolute atomic E-state index is 0.104. The standard InChI is InChI=1S/2C9H13NO/c1-6(2)8-4-5-10-9(8)7(3)11;1-3-4-8-5-6-9(10-8)7(2)11/h4-6,10H,1-3H3;5-6,10H,3-4H2,1-2H3. The van der Waals surface area contributed by atoms with E-state index in [1.165, 1.54) is 0 Å². The maximum atomic E-state index is 11.0. The predicted octanol–water partition coefficient (Wildman–Crippen LogP) is 4.51. The Balaban J connectivity index is 0.000000220. The van der Waals surface area contributed by atoms with Crippen molar-refractivity contribution in [3.63, 3.8) is 0 Å². The molecule has 2 heterocycles. The molecule has 0 aliphatic carbocycles. The number of aromatic nitrogens is 2. The molecule has 0 amide bonds. The van der Waals surface area contributed by atoms with Gasteiger partial charge in [-0.15, -0.1) is 0 Å². The minimum Gasteiger partial charge on any atom is -0.359 e. The third kappa shape index (κ3) is 5.02. The third-order valence-corrected chi connectivity index (χ3v) is 3.40. The van der Waals surface area contributed by atoms with E-state index in [2.05, 4.69) is 30.7 Å². The number of hydrogen-bond acceptors (Lipinski definition) is 2. The number of ketones is 2. The second-order valence-corrected chi connectivity index (χ2v) is 5.72. The zero-order valence-corrected chi connectivity index (χ0v) is 14.1. The Kier molecular flexibility index (Phi) is 6.83. The van der Waals surface area contributed by atoms with Gasteiger partial charge in [-0.1, -0.05) is 27.2 Å². The molecule has 0 aromatic carbocycles. The summed E-state index contributed by atoms with van der Waals surface area (Å²) in [5.74, 6) is 0.631. The van der Waals surface area contributed by atoms with Crippen LogP contribution >= 0.6 is 0 Å². The van der Waals surface area contributed by atoms with Crippen molar-refractivity contribution in [1.82, 2.24) is 9.97 Å². The van der Waals surface area contributed by atoms with Crippen LogP contribution in [0.1, 0.15) is 79.2 Å². The van der Waals surface area contributed by atoms with Crippen molar-refractivity contribution in [2.45, 2.75) is 53.4 Å². The number of Topliss-reactive ketones (excluding diaryl/α,β-unsaturated/α-hetero) is 2. The van der Waals surface area contributed by atoms with Crippen LogP contribution in [-0.4, -0.2) is 21.5 Å². The van der Waals surface area contributed by atoms with E-state index in [1.54, 1.807) is 13.8 Å². The molecule has 0 saturated heterocycles. The third-order valence-electron chi connectivity index (χ3n) is 3.40. The Labute approximate surface area is 132 Å². The topological polar surface area (TPSA) is 65.7 Å². The summed E-state index contributed by atoms with van der Waals surface area (Å²) in [5, 5.41) is 0. The lowest BCUT2D eigenvalue weighted by Gasteiger charge is -2.02. The van der Waals surface area contributed by atoms with Gasteiger partial charge in [0.15, 0.2) is 11.6 Å². The van der Waals surface area contributed by atoms with Gasteiger partial charge in [0.1, 0.15) is 0 Å². The van der Waals surface area contributed by atoms with E-state index in [4.69, 9.17) is 0 Å². The van der Waals surface area contributed by atoms with E-state index in [1.807, 2.05) is 24.4 Å². The second-order valence-electron chi connectivity index (χ2n) is 5.72. The van der Waals surface area contributed by atoms with Gasteiger partial charge >= 0.3 is 0 Å². The molecular formula is C18H26N2O2. The smallest absolute Gasteiger partial charge is 0.176 e. The van der Waals surface area contributed by atoms with Gasteiger partial charge in [-0.3, -0.25) is 9.59 Å². The summed E-state index contributed by atoms with van der Waals surface area (Å²) >= 11 is 0. The fourth-order valence-electron chi connectivity index (χ4n) is 2.23. The average molecular weight is 302 g/mol. The Morgan fingerprint density at radius 2 is 1.77 bits per heavy atom. The molecule has 2 aromatic rings. The molecule has 2 aromatic heterocycles. The Bertz CT molecular complexity index is 621. The van der Waals surface area contributed by atoms with Gasteiger partial charge in [-0.25, -0.2) is 0 Å². The highest BCUT2D eigenvalue weighted by molar-refractivity contribution is 5.94. The Hall–Kier alpha value is -2.10. The van der Waals surface area contributed by atoms with E-state index in [0.29, 0.717) is 11.6 Å². The number of aromatic amines is 2. The molecule has 2 N–H and O–H groups in total. The van der Waals surface area contributed by atoms with E-state index in [-0.39, 0.29) is 11.6 Å². The second kappa shape index (κ2) is 8.37. The molecule has 22 heavy (non-hydrogen) atoms. The van der Waals surface area contributed by atoms with Crippen molar-refractivity contribution in [2.24, 2.45) is 0 Å². The highest BCUT2D eigenvalue weighted by Crippen LogP contribution is 2.18. The van der Waals surface area contributed by atoms with Gasteiger partial charge in [0.25, 0.3) is 0 Å². The maximum absolute atomic E-state index is 11.0. The summed E-state index contributed by atoms with van der Waals surface area (Å²) in [7, 11) is 0. The van der Waals surface area contributed by atoms with Gasteiger partial charge in [-0.05, 0) is 36.1 Å². The number of aryl methyl sites for hydroxylation is 1. The Morgan fingerprint density at radius 3 is 2.18 bits per heavy atom. The summed E-state index contributed by atoms with van der Waals surface area (Å²) in [6.07, 6.45) is 3.94. The monoisotopic (exact) mass is 302 g/mol. The van der Waals surface area contributed by atoms with Crippen molar-refractivity contribution in [3.8, 4) is 0 Å². The van der Waals surface area contributed by atoms with Crippen molar-refractivity contribution in [3.05, 3.63) is 47.0 Å². The number of carbonyl (C=O) groups excluding carboxylic acids is 2. The quantitative estimate of drug-likeness (QED) is 0.798. The van der Waals surface area contributed by atoms with Crippen LogP contribution in [0.15, 0.2) is 24.4 Å². The van der Waals surface area contributed by atoms with Crippen LogP contribution in [0.25, 0.3) is 0 Å². The molecule has 0 fully saturated rings. The first-order chi connectivity index (χ1) is 10.4. The summed E-state index contributed by atoms with van der Waals surface area (Å²) in [6, 6.07) is 5.77. The van der Waals surface area contributed by atoms with Crippen LogP contribution in [0.4, 0.5) is 0 Å². The molecule has 0 unspecified atom stereocenters. The molecule has 0 aliphatic rings. The average Bonchev–Trinajstić information content (AvgIpc) is 3.08. The van der Waals surface area contributed by atoms with Crippen molar-refractivity contribution >= 4 is 11.6 Å². The fraction of sp³-hybridized carbons (Fsp3) is 0.444. The summed E-state index contributed by atoms with van der Waals surface area (Å²) in [4.78, 5) is 27.8. The molecular weight excluding hydrogens is 276 g/mol. The first-order valence-corrected chi connectivity index (χ1v) is 7.73. The first kappa shape index (κ1) is 18.0.